The van der Waals surface area contributed by atoms with Gasteiger partial charge in [-0.15, -0.1) is 0 Å². The zero-order valence-corrected chi connectivity index (χ0v) is 13.2. The zero-order chi connectivity index (χ0) is 15.6. The van der Waals surface area contributed by atoms with E-state index < -0.39 is 6.10 Å². The Balaban J connectivity index is 1.92. The molecule has 21 heavy (non-hydrogen) atoms. The average Bonchev–Trinajstić information content (AvgIpc) is 2.75. The minimum atomic E-state index is -0.688. The lowest BCUT2D eigenvalue weighted by Gasteiger charge is -2.21. The summed E-state index contributed by atoms with van der Waals surface area (Å²) in [5, 5.41) is 15.7. The largest absolute Gasteiger partial charge is 0.387 e. The maximum absolute atomic E-state index is 11.7. The number of rotatable bonds is 3. The minimum absolute atomic E-state index is 0.205. The number of benzene rings is 1. The molecule has 1 unspecified atom stereocenters. The summed E-state index contributed by atoms with van der Waals surface area (Å²) in [6.45, 7) is 6.97. The summed E-state index contributed by atoms with van der Waals surface area (Å²) in [7, 11) is 2.07. The van der Waals surface area contributed by atoms with Crippen LogP contribution in [0.1, 0.15) is 38.0 Å². The number of carbonyl (C=O) groups is 1. The summed E-state index contributed by atoms with van der Waals surface area (Å²) in [5.74, 6) is 0. The van der Waals surface area contributed by atoms with Gasteiger partial charge in [0.2, 0.25) is 0 Å². The molecule has 0 aliphatic carbocycles. The van der Waals surface area contributed by atoms with Crippen LogP contribution < -0.4 is 15.5 Å². The highest BCUT2D eigenvalue weighted by atomic mass is 16.3. The van der Waals surface area contributed by atoms with Gasteiger partial charge in [-0.1, -0.05) is 12.1 Å². The number of hydrogen-bond acceptors (Lipinski definition) is 3. The van der Waals surface area contributed by atoms with Crippen molar-refractivity contribution in [3.8, 4) is 0 Å². The number of hydrogen-bond donors (Lipinski definition) is 3. The summed E-state index contributed by atoms with van der Waals surface area (Å²) < 4.78 is 0. The molecule has 1 aromatic carbocycles. The zero-order valence-electron chi connectivity index (χ0n) is 13.2. The van der Waals surface area contributed by atoms with Crippen molar-refractivity contribution in [2.75, 3.05) is 25.0 Å². The number of anilines is 1. The van der Waals surface area contributed by atoms with Crippen molar-refractivity contribution in [1.82, 2.24) is 10.6 Å². The summed E-state index contributed by atoms with van der Waals surface area (Å²) >= 11 is 0. The predicted octanol–water partition coefficient (Wildman–Crippen LogP) is 1.81. The smallest absolute Gasteiger partial charge is 0.315 e. The second kappa shape index (κ2) is 5.93. The molecule has 116 valence electrons. The number of carbonyl (C=O) groups excluding carboxylic acids is 1. The lowest BCUT2D eigenvalue weighted by atomic mass is 10.0. The van der Waals surface area contributed by atoms with E-state index in [-0.39, 0.29) is 18.1 Å². The van der Waals surface area contributed by atoms with Gasteiger partial charge in [0.25, 0.3) is 0 Å². The first-order valence-electron chi connectivity index (χ1n) is 7.34. The van der Waals surface area contributed by atoms with Crippen molar-refractivity contribution >= 4 is 11.7 Å². The minimum Gasteiger partial charge on any atom is -0.387 e. The first kappa shape index (κ1) is 15.6. The summed E-state index contributed by atoms with van der Waals surface area (Å²) in [6, 6.07) is 5.74. The van der Waals surface area contributed by atoms with Crippen molar-refractivity contribution in [1.29, 1.82) is 0 Å². The fourth-order valence-electron chi connectivity index (χ4n) is 2.49. The van der Waals surface area contributed by atoms with E-state index in [0.29, 0.717) is 0 Å². The summed E-state index contributed by atoms with van der Waals surface area (Å²) in [5.41, 5.74) is 3.05. The van der Waals surface area contributed by atoms with Crippen LogP contribution in [0.15, 0.2) is 18.2 Å². The quantitative estimate of drug-likeness (QED) is 0.796. The van der Waals surface area contributed by atoms with Gasteiger partial charge in [-0.3, -0.25) is 0 Å². The van der Waals surface area contributed by atoms with Gasteiger partial charge in [-0.2, -0.15) is 0 Å². The van der Waals surface area contributed by atoms with Gasteiger partial charge < -0.3 is 20.6 Å². The van der Waals surface area contributed by atoms with Gasteiger partial charge in [0.1, 0.15) is 0 Å². The van der Waals surface area contributed by atoms with Gasteiger partial charge in [0.05, 0.1) is 6.10 Å². The van der Waals surface area contributed by atoms with Crippen LogP contribution in [0.3, 0.4) is 0 Å². The maximum atomic E-state index is 11.7. The highest BCUT2D eigenvalue weighted by molar-refractivity contribution is 5.74. The normalized spacial score (nSPS) is 15.6. The van der Waals surface area contributed by atoms with Crippen LogP contribution in [0.2, 0.25) is 0 Å². The van der Waals surface area contributed by atoms with Crippen LogP contribution >= 0.6 is 0 Å². The van der Waals surface area contributed by atoms with Crippen molar-refractivity contribution < 1.29 is 9.90 Å². The van der Waals surface area contributed by atoms with Crippen molar-refractivity contribution in [3.05, 3.63) is 29.3 Å². The van der Waals surface area contributed by atoms with Crippen LogP contribution in [0.25, 0.3) is 0 Å². The van der Waals surface area contributed by atoms with E-state index in [2.05, 4.69) is 22.6 Å². The molecule has 3 N–H and O–H groups in total. The van der Waals surface area contributed by atoms with E-state index in [9.17, 15) is 9.90 Å². The molecule has 2 amide bonds. The average molecular weight is 291 g/mol. The van der Waals surface area contributed by atoms with E-state index in [4.69, 9.17) is 0 Å². The molecule has 1 atom stereocenters. The molecule has 5 heteroatoms. The number of amides is 2. The molecule has 1 aliphatic rings. The van der Waals surface area contributed by atoms with E-state index in [1.807, 2.05) is 39.0 Å². The third-order valence-electron chi connectivity index (χ3n) is 3.56. The van der Waals surface area contributed by atoms with Crippen LogP contribution in [0, 0.1) is 0 Å². The fraction of sp³-hybridized carbons (Fsp3) is 0.562. The topological polar surface area (TPSA) is 64.6 Å². The maximum Gasteiger partial charge on any atom is 0.315 e. The first-order valence-corrected chi connectivity index (χ1v) is 7.34. The van der Waals surface area contributed by atoms with Crippen molar-refractivity contribution in [2.24, 2.45) is 0 Å². The molecule has 0 saturated heterocycles. The molecular formula is C16H25N3O2. The van der Waals surface area contributed by atoms with Gasteiger partial charge >= 0.3 is 6.03 Å². The number of aliphatic hydroxyl groups excluding tert-OH is 1. The number of fused-ring (bicyclic) bond motifs is 1. The Morgan fingerprint density at radius 3 is 2.81 bits per heavy atom. The van der Waals surface area contributed by atoms with E-state index in [0.717, 1.165) is 18.5 Å². The SMILES string of the molecule is CN1CCc2cc(C(O)CNC(=O)NC(C)(C)C)ccc21. The highest BCUT2D eigenvalue weighted by Gasteiger charge is 2.19. The Labute approximate surface area is 126 Å². The highest BCUT2D eigenvalue weighted by Crippen LogP contribution is 2.29. The van der Waals surface area contributed by atoms with Gasteiger partial charge in [0, 0.05) is 31.4 Å². The molecule has 1 aromatic rings. The van der Waals surface area contributed by atoms with E-state index in [1.54, 1.807) is 0 Å². The monoisotopic (exact) mass is 291 g/mol. The molecule has 0 aromatic heterocycles. The number of urea groups is 1. The Hall–Kier alpha value is -1.75. The Bertz CT molecular complexity index is 523. The second-order valence-corrected chi connectivity index (χ2v) is 6.66. The number of nitrogens with zero attached hydrogens (tertiary/aromatic N) is 1. The summed E-state index contributed by atoms with van der Waals surface area (Å²) in [6.07, 6.45) is 0.316. The Morgan fingerprint density at radius 2 is 2.14 bits per heavy atom. The van der Waals surface area contributed by atoms with Gasteiger partial charge in [-0.05, 0) is 44.4 Å². The number of nitrogens with one attached hydrogen (secondary N) is 2. The lowest BCUT2D eigenvalue weighted by Crippen LogP contribution is -2.47. The molecule has 0 spiro atoms. The third-order valence-corrected chi connectivity index (χ3v) is 3.56. The van der Waals surface area contributed by atoms with Crippen LogP contribution in [-0.2, 0) is 6.42 Å². The molecule has 2 rings (SSSR count). The van der Waals surface area contributed by atoms with Crippen LogP contribution in [-0.4, -0.2) is 36.8 Å². The lowest BCUT2D eigenvalue weighted by molar-refractivity contribution is 0.171. The predicted molar refractivity (Wildman–Crippen MR) is 84.7 cm³/mol. The molecule has 0 bridgehead atoms. The van der Waals surface area contributed by atoms with E-state index >= 15 is 0 Å². The number of likely N-dealkylation sites (N-methyl/N-ethyl adjacent to an activating group) is 1. The Morgan fingerprint density at radius 1 is 1.43 bits per heavy atom. The summed E-state index contributed by atoms with van der Waals surface area (Å²) in [4.78, 5) is 13.9. The van der Waals surface area contributed by atoms with Crippen molar-refractivity contribution in [2.45, 2.75) is 38.8 Å². The standard InChI is InChI=1S/C16H25N3O2/c1-16(2,3)18-15(21)17-10-14(20)12-5-6-13-11(9-12)7-8-19(13)4/h5-6,9,14,20H,7-8,10H2,1-4H3,(H2,17,18,21). The third kappa shape index (κ3) is 4.11. The first-order chi connectivity index (χ1) is 9.76. The second-order valence-electron chi connectivity index (χ2n) is 6.66. The molecular weight excluding hydrogens is 266 g/mol. The molecule has 1 aliphatic heterocycles. The van der Waals surface area contributed by atoms with Crippen LogP contribution in [0.4, 0.5) is 10.5 Å². The molecule has 0 radical (unpaired) electrons. The van der Waals surface area contributed by atoms with Gasteiger partial charge in [0.15, 0.2) is 0 Å². The Kier molecular flexibility index (Phi) is 4.42. The van der Waals surface area contributed by atoms with E-state index in [1.165, 1.54) is 11.3 Å². The molecule has 0 fully saturated rings. The molecule has 0 saturated carbocycles. The number of aliphatic hydroxyl groups is 1. The molecule has 1 heterocycles. The van der Waals surface area contributed by atoms with Crippen molar-refractivity contribution in [3.63, 3.8) is 0 Å². The van der Waals surface area contributed by atoms with Gasteiger partial charge in [-0.25, -0.2) is 4.79 Å². The van der Waals surface area contributed by atoms with Crippen LogP contribution in [0.5, 0.6) is 0 Å². The fourth-order valence-corrected chi connectivity index (χ4v) is 2.49. The molecule has 5 nitrogen and oxygen atoms in total.